The summed E-state index contributed by atoms with van der Waals surface area (Å²) in [5.41, 5.74) is 1.18. The van der Waals surface area contributed by atoms with Crippen LogP contribution in [0.15, 0.2) is 34.2 Å². The third kappa shape index (κ3) is 3.58. The average molecular weight is 350 g/mol. The normalized spacial score (nSPS) is 19.0. The van der Waals surface area contributed by atoms with Crippen molar-refractivity contribution in [3.8, 4) is 0 Å². The van der Waals surface area contributed by atoms with Gasteiger partial charge in [0, 0.05) is 13.1 Å². The van der Waals surface area contributed by atoms with Crippen LogP contribution in [0.5, 0.6) is 0 Å². The van der Waals surface area contributed by atoms with E-state index in [9.17, 15) is 8.42 Å². The van der Waals surface area contributed by atoms with Crippen LogP contribution < -0.4 is 0 Å². The van der Waals surface area contributed by atoms with E-state index < -0.39 is 10.0 Å². The maximum absolute atomic E-state index is 13.0. The van der Waals surface area contributed by atoms with E-state index in [0.29, 0.717) is 29.9 Å². The van der Waals surface area contributed by atoms with Gasteiger partial charge in [0.25, 0.3) is 10.0 Å². The molecule has 0 aliphatic carbocycles. The van der Waals surface area contributed by atoms with Crippen LogP contribution in [0.3, 0.4) is 0 Å². The predicted octanol–water partition coefficient (Wildman–Crippen LogP) is 2.73. The number of likely N-dealkylation sites (tertiary alicyclic amines) is 1. The standard InChI is InChI=1S/C18H27N3O2S/c1-15(2)14-16-6-8-17(9-7-16)24(22,23)21-13-10-19-18(21)20-11-4-3-5-12-20/h6-9,15H,3-5,10-14H2,1-2H3. The van der Waals surface area contributed by atoms with Gasteiger partial charge >= 0.3 is 0 Å². The molecule has 1 saturated heterocycles. The highest BCUT2D eigenvalue weighted by molar-refractivity contribution is 7.89. The molecule has 2 aliphatic heterocycles. The van der Waals surface area contributed by atoms with E-state index in [4.69, 9.17) is 0 Å². The fourth-order valence-electron chi connectivity index (χ4n) is 3.40. The maximum Gasteiger partial charge on any atom is 0.266 e. The van der Waals surface area contributed by atoms with Crippen molar-refractivity contribution in [3.63, 3.8) is 0 Å². The molecule has 0 spiro atoms. The molecule has 0 aromatic heterocycles. The first kappa shape index (κ1) is 17.3. The number of hydrogen-bond donors (Lipinski definition) is 0. The molecule has 1 aromatic rings. The molecular formula is C18H27N3O2S. The van der Waals surface area contributed by atoms with Gasteiger partial charge in [0.15, 0.2) is 0 Å². The lowest BCUT2D eigenvalue weighted by Crippen LogP contribution is -2.46. The molecule has 24 heavy (non-hydrogen) atoms. The van der Waals surface area contributed by atoms with Gasteiger partial charge in [-0.1, -0.05) is 26.0 Å². The zero-order chi connectivity index (χ0) is 17.2. The van der Waals surface area contributed by atoms with Crippen LogP contribution in [0, 0.1) is 5.92 Å². The highest BCUT2D eigenvalue weighted by Crippen LogP contribution is 2.23. The fourth-order valence-corrected chi connectivity index (χ4v) is 4.84. The summed E-state index contributed by atoms with van der Waals surface area (Å²) in [5.74, 6) is 1.20. The number of sulfonamides is 1. The summed E-state index contributed by atoms with van der Waals surface area (Å²) in [5, 5.41) is 0. The highest BCUT2D eigenvalue weighted by atomic mass is 32.2. The number of piperidine rings is 1. The van der Waals surface area contributed by atoms with E-state index in [2.05, 4.69) is 23.7 Å². The number of aliphatic imine (C=N–C) groups is 1. The molecule has 3 rings (SSSR count). The molecule has 0 bridgehead atoms. The lowest BCUT2D eigenvalue weighted by atomic mass is 10.0. The molecule has 1 fully saturated rings. The monoisotopic (exact) mass is 349 g/mol. The first-order valence-electron chi connectivity index (χ1n) is 8.89. The summed E-state index contributed by atoms with van der Waals surface area (Å²) in [6.45, 7) is 7.13. The van der Waals surface area contributed by atoms with Gasteiger partial charge in [-0.05, 0) is 49.3 Å². The van der Waals surface area contributed by atoms with Gasteiger partial charge in [0.1, 0.15) is 0 Å². The van der Waals surface area contributed by atoms with Crippen molar-refractivity contribution in [2.24, 2.45) is 10.9 Å². The molecule has 0 N–H and O–H groups in total. The van der Waals surface area contributed by atoms with Crippen molar-refractivity contribution < 1.29 is 8.42 Å². The molecule has 0 atom stereocenters. The van der Waals surface area contributed by atoms with Gasteiger partial charge < -0.3 is 4.90 Å². The number of nitrogens with zero attached hydrogens (tertiary/aromatic N) is 3. The maximum atomic E-state index is 13.0. The quantitative estimate of drug-likeness (QED) is 0.840. The molecule has 2 heterocycles. The van der Waals surface area contributed by atoms with Gasteiger partial charge in [-0.2, -0.15) is 0 Å². The Morgan fingerprint density at radius 2 is 1.71 bits per heavy atom. The Morgan fingerprint density at radius 1 is 1.04 bits per heavy atom. The van der Waals surface area contributed by atoms with Crippen LogP contribution in [-0.2, 0) is 16.4 Å². The molecule has 0 unspecified atom stereocenters. The smallest absolute Gasteiger partial charge is 0.266 e. The van der Waals surface area contributed by atoms with E-state index in [1.807, 2.05) is 12.1 Å². The van der Waals surface area contributed by atoms with Gasteiger partial charge in [-0.25, -0.2) is 12.7 Å². The third-order valence-corrected chi connectivity index (χ3v) is 6.37. The minimum absolute atomic E-state index is 0.363. The van der Waals surface area contributed by atoms with Crippen LogP contribution >= 0.6 is 0 Å². The Bertz CT molecular complexity index is 689. The minimum Gasteiger partial charge on any atom is -0.342 e. The van der Waals surface area contributed by atoms with Crippen LogP contribution in [0.25, 0.3) is 0 Å². The Balaban J connectivity index is 1.80. The second kappa shape index (κ2) is 7.13. The van der Waals surface area contributed by atoms with Crippen molar-refractivity contribution in [2.75, 3.05) is 26.2 Å². The van der Waals surface area contributed by atoms with E-state index in [0.717, 1.165) is 32.4 Å². The molecule has 132 valence electrons. The van der Waals surface area contributed by atoms with Gasteiger partial charge in [0.2, 0.25) is 5.96 Å². The molecule has 6 heteroatoms. The largest absolute Gasteiger partial charge is 0.342 e. The van der Waals surface area contributed by atoms with E-state index in [-0.39, 0.29) is 0 Å². The number of hydrogen-bond acceptors (Lipinski definition) is 4. The van der Waals surface area contributed by atoms with Crippen molar-refractivity contribution in [1.82, 2.24) is 9.21 Å². The fraction of sp³-hybridized carbons (Fsp3) is 0.611. The average Bonchev–Trinajstić information content (AvgIpc) is 3.06. The molecular weight excluding hydrogens is 322 g/mol. The van der Waals surface area contributed by atoms with Crippen LogP contribution in [0.1, 0.15) is 38.7 Å². The van der Waals surface area contributed by atoms with E-state index >= 15 is 0 Å². The van der Waals surface area contributed by atoms with Gasteiger partial charge in [0.05, 0.1) is 18.0 Å². The van der Waals surface area contributed by atoms with Crippen LogP contribution in [0.2, 0.25) is 0 Å². The number of rotatable bonds is 4. The lowest BCUT2D eigenvalue weighted by Gasteiger charge is -2.32. The van der Waals surface area contributed by atoms with E-state index in [1.54, 1.807) is 12.1 Å². The number of guanidine groups is 1. The second-order valence-corrected chi connectivity index (χ2v) is 8.91. The first-order valence-corrected chi connectivity index (χ1v) is 10.3. The van der Waals surface area contributed by atoms with Crippen molar-refractivity contribution in [2.45, 2.75) is 44.4 Å². The first-order chi connectivity index (χ1) is 11.5. The Kier molecular flexibility index (Phi) is 5.13. The molecule has 1 aromatic carbocycles. The Labute approximate surface area is 145 Å². The second-order valence-electron chi connectivity index (χ2n) is 7.05. The van der Waals surface area contributed by atoms with Crippen molar-refractivity contribution >= 4 is 16.0 Å². The SMILES string of the molecule is CC(C)Cc1ccc(S(=O)(=O)N2CCN=C2N2CCCCC2)cc1. The lowest BCUT2D eigenvalue weighted by molar-refractivity contribution is 0.321. The topological polar surface area (TPSA) is 53.0 Å². The number of benzene rings is 1. The third-order valence-electron chi connectivity index (χ3n) is 4.57. The van der Waals surface area contributed by atoms with Crippen molar-refractivity contribution in [1.29, 1.82) is 0 Å². The zero-order valence-corrected chi connectivity index (χ0v) is 15.4. The summed E-state index contributed by atoms with van der Waals surface area (Å²) in [7, 11) is -3.52. The predicted molar refractivity (Wildman–Crippen MR) is 96.6 cm³/mol. The summed E-state index contributed by atoms with van der Waals surface area (Å²) in [6, 6.07) is 7.33. The molecule has 0 saturated carbocycles. The van der Waals surface area contributed by atoms with Crippen LogP contribution in [0.4, 0.5) is 0 Å². The highest BCUT2D eigenvalue weighted by Gasteiger charge is 2.34. The zero-order valence-electron chi connectivity index (χ0n) is 14.6. The van der Waals surface area contributed by atoms with Crippen LogP contribution in [-0.4, -0.2) is 49.8 Å². The van der Waals surface area contributed by atoms with Gasteiger partial charge in [-0.3, -0.25) is 4.99 Å². The van der Waals surface area contributed by atoms with Gasteiger partial charge in [-0.15, -0.1) is 0 Å². The molecule has 2 aliphatic rings. The molecule has 0 amide bonds. The summed E-state index contributed by atoms with van der Waals surface area (Å²) in [6.07, 6.45) is 4.39. The molecule has 0 radical (unpaired) electrons. The Hall–Kier alpha value is -1.56. The van der Waals surface area contributed by atoms with Crippen molar-refractivity contribution in [3.05, 3.63) is 29.8 Å². The molecule has 5 nitrogen and oxygen atoms in total. The summed E-state index contributed by atoms with van der Waals surface area (Å²) >= 11 is 0. The summed E-state index contributed by atoms with van der Waals surface area (Å²) < 4.78 is 27.6. The summed E-state index contributed by atoms with van der Waals surface area (Å²) in [4.78, 5) is 6.97. The van der Waals surface area contributed by atoms with E-state index in [1.165, 1.54) is 16.3 Å². The Morgan fingerprint density at radius 3 is 2.33 bits per heavy atom. The minimum atomic E-state index is -3.52.